The average Bonchev–Trinajstić information content (AvgIpc) is 2.39. The van der Waals surface area contributed by atoms with Crippen LogP contribution in [0.5, 0.6) is 0 Å². The molecule has 0 unspecified atom stereocenters. The van der Waals surface area contributed by atoms with Gasteiger partial charge in [-0.2, -0.15) is 0 Å². The van der Waals surface area contributed by atoms with E-state index in [0.717, 1.165) is 10.6 Å². The van der Waals surface area contributed by atoms with Gasteiger partial charge in [0.25, 0.3) is 0 Å². The number of benzene rings is 1. The number of rotatable bonds is 3. The molecule has 1 aliphatic rings. The molecule has 0 radical (unpaired) electrons. The maximum absolute atomic E-state index is 9.41. The molecule has 0 saturated heterocycles. The number of halogens is 1. The van der Waals surface area contributed by atoms with Crippen molar-refractivity contribution in [3.05, 3.63) is 34.3 Å². The summed E-state index contributed by atoms with van der Waals surface area (Å²) in [6, 6.07) is 6.35. The molecule has 1 nitrogen and oxygen atoms in total. The van der Waals surface area contributed by atoms with Crippen molar-refractivity contribution in [3.8, 4) is 0 Å². The molecule has 1 aliphatic carbocycles. The molecular weight excluding hydrogens is 244 g/mol. The van der Waals surface area contributed by atoms with Gasteiger partial charge in [0.05, 0.1) is 6.61 Å². The minimum Gasteiger partial charge on any atom is -0.395 e. The first kappa shape index (κ1) is 13.9. The van der Waals surface area contributed by atoms with Crippen LogP contribution in [0.1, 0.15) is 63.0 Å². The van der Waals surface area contributed by atoms with Crippen molar-refractivity contribution in [1.82, 2.24) is 0 Å². The van der Waals surface area contributed by atoms with E-state index in [2.05, 4.69) is 12.1 Å². The Kier molecular flexibility index (Phi) is 4.34. The second-order valence-corrected chi connectivity index (χ2v) is 6.52. The Bertz CT molecular complexity index is 406. The molecule has 0 aliphatic heterocycles. The molecular formula is C16H23ClO. The van der Waals surface area contributed by atoms with Crippen molar-refractivity contribution in [2.45, 2.75) is 57.3 Å². The van der Waals surface area contributed by atoms with Crippen LogP contribution < -0.4 is 0 Å². The molecule has 0 atom stereocenters. The van der Waals surface area contributed by atoms with Gasteiger partial charge in [0.2, 0.25) is 0 Å². The van der Waals surface area contributed by atoms with Crippen molar-refractivity contribution in [2.24, 2.45) is 0 Å². The van der Waals surface area contributed by atoms with E-state index in [1.165, 1.54) is 37.7 Å². The predicted molar refractivity (Wildman–Crippen MR) is 77.4 cm³/mol. The van der Waals surface area contributed by atoms with Gasteiger partial charge in [0.15, 0.2) is 0 Å². The first-order valence-corrected chi connectivity index (χ1v) is 7.33. The lowest BCUT2D eigenvalue weighted by Gasteiger charge is -2.26. The van der Waals surface area contributed by atoms with Crippen LogP contribution in [-0.4, -0.2) is 11.7 Å². The number of hydrogen-bond acceptors (Lipinski definition) is 1. The van der Waals surface area contributed by atoms with E-state index >= 15 is 0 Å². The summed E-state index contributed by atoms with van der Waals surface area (Å²) < 4.78 is 0. The molecule has 0 heterocycles. The average molecular weight is 267 g/mol. The van der Waals surface area contributed by atoms with Gasteiger partial charge in [-0.05, 0) is 36.0 Å². The lowest BCUT2D eigenvalue weighted by Crippen LogP contribution is -2.22. The van der Waals surface area contributed by atoms with E-state index < -0.39 is 0 Å². The van der Waals surface area contributed by atoms with Gasteiger partial charge in [-0.3, -0.25) is 0 Å². The third kappa shape index (κ3) is 2.89. The lowest BCUT2D eigenvalue weighted by atomic mass is 9.81. The zero-order valence-corrected chi connectivity index (χ0v) is 12.1. The second-order valence-electron chi connectivity index (χ2n) is 6.11. The van der Waals surface area contributed by atoms with Gasteiger partial charge in [0.1, 0.15) is 0 Å². The minimum atomic E-state index is -0.214. The van der Waals surface area contributed by atoms with Crippen molar-refractivity contribution < 1.29 is 5.11 Å². The highest BCUT2D eigenvalue weighted by atomic mass is 35.5. The van der Waals surface area contributed by atoms with Crippen LogP contribution >= 0.6 is 11.6 Å². The van der Waals surface area contributed by atoms with Crippen LogP contribution in [0.2, 0.25) is 5.02 Å². The summed E-state index contributed by atoms with van der Waals surface area (Å²) in [6.07, 6.45) is 6.55. The largest absolute Gasteiger partial charge is 0.395 e. The number of aliphatic hydroxyl groups excluding tert-OH is 1. The van der Waals surface area contributed by atoms with Gasteiger partial charge < -0.3 is 5.11 Å². The smallest absolute Gasteiger partial charge is 0.0522 e. The Morgan fingerprint density at radius 1 is 1.22 bits per heavy atom. The molecule has 0 amide bonds. The number of hydrogen-bond donors (Lipinski definition) is 1. The van der Waals surface area contributed by atoms with Crippen molar-refractivity contribution in [2.75, 3.05) is 6.61 Å². The maximum atomic E-state index is 9.41. The molecule has 2 heteroatoms. The highest BCUT2D eigenvalue weighted by molar-refractivity contribution is 6.31. The first-order chi connectivity index (χ1) is 8.54. The summed E-state index contributed by atoms with van der Waals surface area (Å²) in [5.41, 5.74) is 2.21. The minimum absolute atomic E-state index is 0.145. The van der Waals surface area contributed by atoms with Crippen molar-refractivity contribution >= 4 is 11.6 Å². The molecule has 0 spiro atoms. The van der Waals surface area contributed by atoms with E-state index in [-0.39, 0.29) is 12.0 Å². The first-order valence-electron chi connectivity index (χ1n) is 6.95. The van der Waals surface area contributed by atoms with E-state index in [1.807, 2.05) is 19.9 Å². The van der Waals surface area contributed by atoms with E-state index in [0.29, 0.717) is 5.92 Å². The summed E-state index contributed by atoms with van der Waals surface area (Å²) >= 11 is 6.44. The molecule has 100 valence electrons. The van der Waals surface area contributed by atoms with Crippen molar-refractivity contribution in [3.63, 3.8) is 0 Å². The van der Waals surface area contributed by atoms with Crippen molar-refractivity contribution in [1.29, 1.82) is 0 Å². The van der Waals surface area contributed by atoms with Crippen LogP contribution in [0, 0.1) is 0 Å². The van der Waals surface area contributed by atoms with Gasteiger partial charge in [-0.15, -0.1) is 0 Å². The third-order valence-electron chi connectivity index (χ3n) is 4.22. The van der Waals surface area contributed by atoms with Crippen LogP contribution in [0.25, 0.3) is 0 Å². The summed E-state index contributed by atoms with van der Waals surface area (Å²) in [6.45, 7) is 4.23. The quantitative estimate of drug-likeness (QED) is 0.844. The summed E-state index contributed by atoms with van der Waals surface area (Å²) in [5.74, 6) is 0.637. The lowest BCUT2D eigenvalue weighted by molar-refractivity contribution is 0.218. The molecule has 1 N–H and O–H groups in total. The summed E-state index contributed by atoms with van der Waals surface area (Å²) in [7, 11) is 0. The van der Waals surface area contributed by atoms with Gasteiger partial charge >= 0.3 is 0 Å². The Hall–Kier alpha value is -0.530. The summed E-state index contributed by atoms with van der Waals surface area (Å²) in [4.78, 5) is 0. The monoisotopic (exact) mass is 266 g/mol. The fourth-order valence-corrected chi connectivity index (χ4v) is 3.12. The van der Waals surface area contributed by atoms with Crippen LogP contribution in [0.4, 0.5) is 0 Å². The molecule has 0 bridgehead atoms. The fraction of sp³-hybridized carbons (Fsp3) is 0.625. The highest BCUT2D eigenvalue weighted by Crippen LogP contribution is 2.37. The number of aliphatic hydroxyl groups is 1. The van der Waals surface area contributed by atoms with Crippen LogP contribution in [-0.2, 0) is 5.41 Å². The van der Waals surface area contributed by atoms with Gasteiger partial charge in [-0.25, -0.2) is 0 Å². The zero-order valence-electron chi connectivity index (χ0n) is 11.4. The zero-order chi connectivity index (χ0) is 13.2. The van der Waals surface area contributed by atoms with Crippen LogP contribution in [0.3, 0.4) is 0 Å². The Morgan fingerprint density at radius 2 is 1.89 bits per heavy atom. The topological polar surface area (TPSA) is 20.2 Å². The Morgan fingerprint density at radius 3 is 2.44 bits per heavy atom. The molecule has 1 saturated carbocycles. The van der Waals surface area contributed by atoms with E-state index in [4.69, 9.17) is 11.6 Å². The van der Waals surface area contributed by atoms with Gasteiger partial charge in [-0.1, -0.05) is 56.8 Å². The third-order valence-corrected chi connectivity index (χ3v) is 4.55. The predicted octanol–water partition coefficient (Wildman–Crippen LogP) is 4.66. The van der Waals surface area contributed by atoms with E-state index in [9.17, 15) is 5.11 Å². The SMILES string of the molecule is CC(C)(CO)c1ccc(C2CCCCC2)c(Cl)c1. The maximum Gasteiger partial charge on any atom is 0.0522 e. The van der Waals surface area contributed by atoms with Crippen LogP contribution in [0.15, 0.2) is 18.2 Å². The van der Waals surface area contributed by atoms with Gasteiger partial charge in [0, 0.05) is 10.4 Å². The standard InChI is InChI=1S/C16H23ClO/c1-16(2,11-18)13-8-9-14(15(17)10-13)12-6-4-3-5-7-12/h8-10,12,18H,3-7,11H2,1-2H3. The molecule has 1 aromatic carbocycles. The molecule has 2 rings (SSSR count). The highest BCUT2D eigenvalue weighted by Gasteiger charge is 2.23. The second kappa shape index (κ2) is 5.63. The molecule has 0 aromatic heterocycles. The fourth-order valence-electron chi connectivity index (χ4n) is 2.78. The van der Waals surface area contributed by atoms with E-state index in [1.54, 1.807) is 0 Å². The Labute approximate surface area is 115 Å². The summed E-state index contributed by atoms with van der Waals surface area (Å²) in [5, 5.41) is 10.3. The molecule has 1 fully saturated rings. The normalized spacial score (nSPS) is 18.0. The molecule has 1 aromatic rings. The Balaban J connectivity index is 2.24. The molecule has 18 heavy (non-hydrogen) atoms.